The number of hydrogen-bond donors (Lipinski definition) is 7. The minimum atomic E-state index is -0.428. The minimum Gasteiger partial charge on any atom is -0.496 e. The number of methoxy groups -OCH3 is 2. The molecule has 0 radical (unpaired) electrons. The zero-order valence-corrected chi connectivity index (χ0v) is 79.9. The van der Waals surface area contributed by atoms with Gasteiger partial charge in [-0.2, -0.15) is 15.0 Å². The maximum atomic E-state index is 12.7. The lowest BCUT2D eigenvalue weighted by Gasteiger charge is -2.37. The Balaban J connectivity index is 0.000000131. The van der Waals surface area contributed by atoms with Gasteiger partial charge in [0.1, 0.15) is 23.2 Å². The molecule has 4 aromatic carbocycles. The largest absolute Gasteiger partial charge is 0.496 e. The molecule has 19 rings (SSSR count). The number of rotatable bonds is 18. The van der Waals surface area contributed by atoms with Gasteiger partial charge in [-0.3, -0.25) is 89.1 Å². The van der Waals surface area contributed by atoms with Gasteiger partial charge < -0.3 is 79.2 Å². The number of aliphatic hydroxyl groups is 4. The summed E-state index contributed by atoms with van der Waals surface area (Å²) >= 11 is 0. The summed E-state index contributed by atoms with van der Waals surface area (Å²) < 4.78 is 23.1. The van der Waals surface area contributed by atoms with Gasteiger partial charge in [-0.25, -0.2) is 34.0 Å². The van der Waals surface area contributed by atoms with E-state index in [1.54, 1.807) is 78.6 Å². The molecule has 5 fully saturated rings. The van der Waals surface area contributed by atoms with Gasteiger partial charge in [0.25, 0.3) is 33.7 Å². The van der Waals surface area contributed by atoms with E-state index in [2.05, 4.69) is 85.2 Å². The van der Waals surface area contributed by atoms with E-state index in [1.165, 1.54) is 63.6 Å². The van der Waals surface area contributed by atoms with Crippen LogP contribution in [-0.4, -0.2) is 301 Å². The highest BCUT2D eigenvalue weighted by molar-refractivity contribution is 5.95. The monoisotopic (exact) mass is 1900 g/mol. The van der Waals surface area contributed by atoms with E-state index in [1.807, 2.05) is 65.6 Å². The molecule has 0 unspecified atom stereocenters. The van der Waals surface area contributed by atoms with E-state index >= 15 is 0 Å². The van der Waals surface area contributed by atoms with Gasteiger partial charge >= 0.3 is 28.4 Å². The van der Waals surface area contributed by atoms with Crippen molar-refractivity contribution < 1.29 is 34.7 Å². The molecule has 0 bridgehead atoms. The number of amides is 1. The summed E-state index contributed by atoms with van der Waals surface area (Å²) in [6.07, 6.45) is 2.07. The Labute approximate surface area is 790 Å². The molecular weight excluding hydrogens is 1780 g/mol. The molecule has 12 aromatic rings. The Morgan fingerprint density at radius 2 is 0.775 bits per heavy atom. The van der Waals surface area contributed by atoms with Crippen molar-refractivity contribution in [3.8, 4) is 5.75 Å². The number of fused-ring (bicyclic) bond motifs is 5. The lowest BCUT2D eigenvalue weighted by Crippen LogP contribution is -2.49. The topological polar surface area (TPSA) is 480 Å². The fourth-order valence-corrected chi connectivity index (χ4v) is 18.1. The summed E-state index contributed by atoms with van der Waals surface area (Å²) in [6, 6.07) is 28.6. The van der Waals surface area contributed by atoms with E-state index in [-0.39, 0.29) is 77.2 Å². The number of amidine groups is 2. The molecule has 7 N–H and O–H groups in total. The van der Waals surface area contributed by atoms with E-state index in [4.69, 9.17) is 19.7 Å². The molecule has 0 aliphatic carbocycles. The number of aromatic amines is 3. The second-order valence-electron chi connectivity index (χ2n) is 35.2. The van der Waals surface area contributed by atoms with Crippen molar-refractivity contribution in [1.29, 1.82) is 0 Å². The first-order valence-electron chi connectivity index (χ1n) is 45.8. The average Bonchev–Trinajstić information content (AvgIpc) is 1.63. The molecule has 15 heterocycles. The average molecular weight is 1900 g/mol. The number of aliphatic imine (C=N–C) groups is 2. The number of piperazine rings is 5. The van der Waals surface area contributed by atoms with Crippen LogP contribution in [0.2, 0.25) is 0 Å². The van der Waals surface area contributed by atoms with Crippen LogP contribution in [0.25, 0.3) is 33.5 Å². The number of carbonyl (C=O) groups excluding carboxylic acids is 1. The van der Waals surface area contributed by atoms with E-state index in [9.17, 15) is 63.0 Å². The summed E-state index contributed by atoms with van der Waals surface area (Å²) in [7, 11) is 18.9. The zero-order chi connectivity index (χ0) is 98.4. The van der Waals surface area contributed by atoms with Crippen LogP contribution in [-0.2, 0) is 128 Å². The number of nitrogens with zero attached hydrogens (tertiary/aromatic N) is 25. The Morgan fingerprint density at radius 3 is 1.26 bits per heavy atom. The van der Waals surface area contributed by atoms with E-state index in [0.717, 1.165) is 217 Å². The van der Waals surface area contributed by atoms with Crippen molar-refractivity contribution in [2.45, 2.75) is 58.8 Å². The Kier molecular flexibility index (Phi) is 30.3. The zero-order valence-electron chi connectivity index (χ0n) is 79.9. The molecule has 45 nitrogen and oxygen atoms in total. The van der Waals surface area contributed by atoms with Crippen LogP contribution < -0.4 is 80.6 Å². The molecule has 1 amide bonds. The van der Waals surface area contributed by atoms with Gasteiger partial charge in [0.2, 0.25) is 17.8 Å². The van der Waals surface area contributed by atoms with Gasteiger partial charge in [0.05, 0.1) is 44.8 Å². The maximum Gasteiger partial charge on any atom is 0.332 e. The van der Waals surface area contributed by atoms with Gasteiger partial charge in [-0.1, -0.05) is 60.7 Å². The smallest absolute Gasteiger partial charge is 0.332 e. The van der Waals surface area contributed by atoms with Crippen molar-refractivity contribution in [3.05, 3.63) is 245 Å². The highest BCUT2D eigenvalue weighted by Gasteiger charge is 2.34. The number of ether oxygens (including phenoxy) is 2. The van der Waals surface area contributed by atoms with Crippen LogP contribution in [0.4, 0.5) is 35.0 Å². The van der Waals surface area contributed by atoms with Gasteiger partial charge in [-0.05, 0) is 64.6 Å². The standard InChI is InChI=1S/C20H26N6O4.C19H22N6O4.C19H24N6O3.C19H23N5O3.C16H25N5O3/c1-23-17-16(18(28)24(2)20(23)29)21-19(22-17)26-8-6-25(7-9-26)11-14-5-4-13(12-27)10-15(14)30-3;1-22-15-14(17(28)23(2)19(22)29)20-18(21-15)25-9-7-24(8-10-25)16(27)13-5-3-12(11-26)4-6-13;1-22-16-15(17(27)23(2)19(22)28)20-18(21-16)25-8-6-24(7-9-25)11-13-4-3-5-14(10-13)12-26;1-21-17-15(18(26)22(2)19(21)27)11-16(20-17)24-9-7-23(8-10-24)14-5-3-13(12-25)4-6-14;1-18-12-11-13(17-14(12)15(22)19(2)16(18)23)21-8-6-20(7-9-21)5-4-10-24-3/h4-5,10,27H,6-9,11-12H2,1-3H3,(H,21,22);3-6,26H,7-11H2,1-2H3,(H,20,21);3-5,10,26H,6-9,11-12H2,1-2H3,(H,20,21);3-6,25H,7-12H2,1-2H3;4-11H2,1-3H3. The van der Waals surface area contributed by atoms with Crippen LogP contribution in [0, 0.1) is 0 Å². The van der Waals surface area contributed by atoms with Gasteiger partial charge in [-0.15, -0.1) is 0 Å². The first kappa shape index (κ1) is 98.3. The van der Waals surface area contributed by atoms with E-state index < -0.39 is 16.9 Å². The van der Waals surface area contributed by atoms with Crippen LogP contribution in [0.3, 0.4) is 0 Å². The quantitative estimate of drug-likeness (QED) is 0.0470. The lowest BCUT2D eigenvalue weighted by molar-refractivity contribution is 0.0746. The number of hydrogen-bond acceptors (Lipinski definition) is 31. The maximum absolute atomic E-state index is 12.7. The second kappa shape index (κ2) is 42.6. The van der Waals surface area contributed by atoms with Crippen LogP contribution in [0.5, 0.6) is 5.75 Å². The number of carbonyl (C=O) groups is 1. The van der Waals surface area contributed by atoms with Gasteiger partial charge in [0.15, 0.2) is 39.2 Å². The Hall–Kier alpha value is -14.2. The molecule has 0 spiro atoms. The molecule has 45 heteroatoms. The number of H-pyrrole nitrogens is 3. The fraction of sp³-hybridized carbons (Fsp3) is 0.462. The number of imidazole rings is 3. The van der Waals surface area contributed by atoms with E-state index in [0.29, 0.717) is 107 Å². The molecule has 0 atom stereocenters. The predicted molar refractivity (Wildman–Crippen MR) is 523 cm³/mol. The highest BCUT2D eigenvalue weighted by Crippen LogP contribution is 2.29. The molecule has 5 saturated heterocycles. The third kappa shape index (κ3) is 20.6. The van der Waals surface area contributed by atoms with Crippen molar-refractivity contribution in [2.24, 2.45) is 80.5 Å². The number of aliphatic hydroxyl groups excluding tert-OH is 4. The Morgan fingerprint density at radius 1 is 0.377 bits per heavy atom. The highest BCUT2D eigenvalue weighted by atomic mass is 16.5. The summed E-state index contributed by atoms with van der Waals surface area (Å²) in [5, 5.41) is 36.9. The summed E-state index contributed by atoms with van der Waals surface area (Å²) in [5.41, 5.74) is 7.61. The molecule has 8 aromatic heterocycles. The second-order valence-corrected chi connectivity index (χ2v) is 35.2. The normalized spacial score (nSPS) is 15.8. The van der Waals surface area contributed by atoms with Crippen LogP contribution in [0.1, 0.15) is 61.4 Å². The first-order chi connectivity index (χ1) is 66.3. The van der Waals surface area contributed by atoms with Crippen molar-refractivity contribution >= 4 is 86.1 Å². The third-order valence-electron chi connectivity index (χ3n) is 26.7. The molecule has 0 saturated carbocycles. The fourth-order valence-electron chi connectivity index (χ4n) is 18.1. The number of anilines is 4. The molecule has 7 aliphatic rings. The number of nitrogens with one attached hydrogen (secondary N) is 3. The molecule has 7 aliphatic heterocycles. The van der Waals surface area contributed by atoms with Crippen molar-refractivity contribution in [1.82, 2.24) is 105 Å². The number of aromatic nitrogens is 16. The van der Waals surface area contributed by atoms with Crippen LogP contribution >= 0.6 is 0 Å². The Bertz CT molecular complexity index is 7230. The van der Waals surface area contributed by atoms with Crippen LogP contribution in [0.15, 0.2) is 149 Å². The van der Waals surface area contributed by atoms with Crippen molar-refractivity contribution in [3.63, 3.8) is 0 Å². The molecule has 734 valence electrons. The number of aryl methyl sites for hydroxylation is 3. The molecule has 138 heavy (non-hydrogen) atoms. The van der Waals surface area contributed by atoms with Crippen molar-refractivity contribution in [2.75, 3.05) is 178 Å². The predicted octanol–water partition coefficient (Wildman–Crippen LogP) is -1.72. The first-order valence-corrected chi connectivity index (χ1v) is 45.8. The minimum absolute atomic E-state index is 0.0124. The van der Waals surface area contributed by atoms with Gasteiger partial charge in [0, 0.05) is 264 Å². The summed E-state index contributed by atoms with van der Waals surface area (Å²) in [6.45, 7) is 19.0. The SMILES string of the molecule is COCCCN1CCN(C2=Nc3c(n(C)c(=O)n(C)c3=O)C2)CC1.COc1cc(CO)ccc1CN1CCN(c2nc3c([nH]2)c(=O)n(C)c(=O)n3C)CC1.Cn1c(=O)c2[nH]c(N3CCN(C(=O)c4ccc(CO)cc4)CC3)nc2n(C)c1=O.Cn1c(=O)c2[nH]c(N3CCN(Cc4cccc(CO)c4)CC3)nc2n(C)c1=O.Cn1c2c(c(=O)n(C)c1=O)CC(N1CCN(c3ccc(CO)cc3)CC1)=N2. The summed E-state index contributed by atoms with van der Waals surface area (Å²) in [4.78, 5) is 188. The molecular formula is C93H120N28O17. The third-order valence-corrected chi connectivity index (χ3v) is 26.7. The summed E-state index contributed by atoms with van der Waals surface area (Å²) in [5.74, 6) is 4.70. The number of benzene rings is 4. The lowest BCUT2D eigenvalue weighted by atomic mass is 10.1.